The highest BCUT2D eigenvalue weighted by atomic mass is 15.3. The van der Waals surface area contributed by atoms with E-state index in [0.29, 0.717) is 6.04 Å². The highest BCUT2D eigenvalue weighted by Gasteiger charge is 2.33. The summed E-state index contributed by atoms with van der Waals surface area (Å²) in [5.41, 5.74) is 2.63. The maximum Gasteiger partial charge on any atom is 0.0843 e. The van der Waals surface area contributed by atoms with Gasteiger partial charge in [-0.15, -0.1) is 0 Å². The van der Waals surface area contributed by atoms with Gasteiger partial charge >= 0.3 is 0 Å². The van der Waals surface area contributed by atoms with Gasteiger partial charge in [-0.25, -0.2) is 0 Å². The van der Waals surface area contributed by atoms with Crippen LogP contribution >= 0.6 is 0 Å². The number of benzene rings is 1. The Balaban J connectivity index is 1.87. The molecule has 1 aliphatic rings. The van der Waals surface area contributed by atoms with Crippen LogP contribution in [0.1, 0.15) is 32.9 Å². The second-order valence-corrected chi connectivity index (χ2v) is 6.64. The summed E-state index contributed by atoms with van der Waals surface area (Å²) in [6.07, 6.45) is 1.15. The molecule has 0 spiro atoms. The van der Waals surface area contributed by atoms with Crippen molar-refractivity contribution in [2.75, 3.05) is 13.1 Å². The lowest BCUT2D eigenvalue weighted by atomic mass is 9.93. The summed E-state index contributed by atoms with van der Waals surface area (Å²) in [7, 11) is 2.03. The Kier molecular flexibility index (Phi) is 3.76. The smallest absolute Gasteiger partial charge is 0.0843 e. The molecule has 0 radical (unpaired) electrons. The van der Waals surface area contributed by atoms with Crippen LogP contribution in [0.5, 0.6) is 0 Å². The number of nitrogens with zero attached hydrogens (tertiary/aromatic N) is 3. The van der Waals surface area contributed by atoms with Crippen LogP contribution < -0.4 is 5.32 Å². The molecule has 1 aliphatic heterocycles. The number of piperazine rings is 1. The zero-order valence-electron chi connectivity index (χ0n) is 13.6. The number of nitrogens with one attached hydrogen (secondary N) is 1. The Bertz CT molecular complexity index is 633. The zero-order valence-corrected chi connectivity index (χ0v) is 13.6. The lowest BCUT2D eigenvalue weighted by Crippen LogP contribution is -2.61. The minimum atomic E-state index is 0.219. The summed E-state index contributed by atoms with van der Waals surface area (Å²) in [5.74, 6) is 0. The van der Waals surface area contributed by atoms with Crippen LogP contribution in [0.2, 0.25) is 0 Å². The standard InChI is InChI=1S/C17H26N4/c1-5-17(3)12-21(13(2)10-18-17)11-15-14-8-6-7-9-16(14)20(4)19-15/h6-9,13,18H,5,10-12H2,1-4H3. The first-order chi connectivity index (χ1) is 10.0. The van der Waals surface area contributed by atoms with Crippen LogP contribution in [-0.4, -0.2) is 39.4 Å². The third kappa shape index (κ3) is 2.70. The molecule has 0 saturated carbocycles. The fourth-order valence-corrected chi connectivity index (χ4v) is 3.23. The third-order valence-electron chi connectivity index (χ3n) is 4.97. The average Bonchev–Trinajstić information content (AvgIpc) is 2.80. The van der Waals surface area contributed by atoms with Crippen molar-refractivity contribution in [3.8, 4) is 0 Å². The van der Waals surface area contributed by atoms with Gasteiger partial charge in [0.05, 0.1) is 11.2 Å². The van der Waals surface area contributed by atoms with E-state index in [1.54, 1.807) is 0 Å². The second-order valence-electron chi connectivity index (χ2n) is 6.64. The van der Waals surface area contributed by atoms with Crippen molar-refractivity contribution >= 4 is 10.9 Å². The Morgan fingerprint density at radius 2 is 2.14 bits per heavy atom. The minimum absolute atomic E-state index is 0.219. The molecule has 0 amide bonds. The van der Waals surface area contributed by atoms with Crippen LogP contribution in [0.15, 0.2) is 24.3 Å². The molecule has 2 heterocycles. The van der Waals surface area contributed by atoms with Crippen LogP contribution in [0.25, 0.3) is 10.9 Å². The summed E-state index contributed by atoms with van der Waals surface area (Å²) in [6.45, 7) is 9.94. The van der Waals surface area contributed by atoms with E-state index in [9.17, 15) is 0 Å². The Morgan fingerprint density at radius 1 is 1.38 bits per heavy atom. The molecule has 0 bridgehead atoms. The molecule has 1 aromatic heterocycles. The van der Waals surface area contributed by atoms with Crippen molar-refractivity contribution in [1.29, 1.82) is 0 Å². The van der Waals surface area contributed by atoms with Gasteiger partial charge in [0.2, 0.25) is 0 Å². The molecule has 4 nitrogen and oxygen atoms in total. The van der Waals surface area contributed by atoms with E-state index in [4.69, 9.17) is 5.10 Å². The van der Waals surface area contributed by atoms with E-state index in [2.05, 4.69) is 55.3 Å². The van der Waals surface area contributed by atoms with Gasteiger partial charge in [-0.05, 0) is 26.3 Å². The molecule has 2 unspecified atom stereocenters. The normalized spacial score (nSPS) is 27.3. The molecule has 114 valence electrons. The van der Waals surface area contributed by atoms with Crippen LogP contribution in [-0.2, 0) is 13.6 Å². The van der Waals surface area contributed by atoms with Crippen molar-refractivity contribution in [2.45, 2.75) is 45.3 Å². The fourth-order valence-electron chi connectivity index (χ4n) is 3.23. The van der Waals surface area contributed by atoms with Crippen LogP contribution in [0.4, 0.5) is 0 Å². The first-order valence-electron chi connectivity index (χ1n) is 7.92. The van der Waals surface area contributed by atoms with Crippen LogP contribution in [0.3, 0.4) is 0 Å². The first-order valence-corrected chi connectivity index (χ1v) is 7.92. The monoisotopic (exact) mass is 286 g/mol. The Hall–Kier alpha value is -1.39. The quantitative estimate of drug-likeness (QED) is 0.941. The maximum absolute atomic E-state index is 4.75. The number of aryl methyl sites for hydroxylation is 1. The van der Waals surface area contributed by atoms with E-state index < -0.39 is 0 Å². The van der Waals surface area contributed by atoms with Crippen LogP contribution in [0, 0.1) is 0 Å². The highest BCUT2D eigenvalue weighted by molar-refractivity contribution is 5.81. The summed E-state index contributed by atoms with van der Waals surface area (Å²) < 4.78 is 2.00. The molecule has 1 N–H and O–H groups in total. The van der Waals surface area contributed by atoms with Crippen molar-refractivity contribution in [3.63, 3.8) is 0 Å². The van der Waals surface area contributed by atoms with E-state index in [1.165, 1.54) is 16.6 Å². The highest BCUT2D eigenvalue weighted by Crippen LogP contribution is 2.24. The average molecular weight is 286 g/mol. The molecule has 1 saturated heterocycles. The fraction of sp³-hybridized carbons (Fsp3) is 0.588. The van der Waals surface area contributed by atoms with Gasteiger partial charge in [0.15, 0.2) is 0 Å². The molecule has 2 aromatic rings. The summed E-state index contributed by atoms with van der Waals surface area (Å²) in [4.78, 5) is 2.56. The second kappa shape index (κ2) is 5.43. The van der Waals surface area contributed by atoms with Crippen molar-refractivity contribution in [2.24, 2.45) is 7.05 Å². The van der Waals surface area contributed by atoms with Gasteiger partial charge < -0.3 is 5.32 Å². The number of para-hydroxylation sites is 1. The Morgan fingerprint density at radius 3 is 2.90 bits per heavy atom. The summed E-state index contributed by atoms with van der Waals surface area (Å²) >= 11 is 0. The minimum Gasteiger partial charge on any atom is -0.309 e. The summed E-state index contributed by atoms with van der Waals surface area (Å²) in [5, 5.41) is 9.71. The largest absolute Gasteiger partial charge is 0.309 e. The van der Waals surface area contributed by atoms with E-state index in [1.807, 2.05) is 11.7 Å². The number of fused-ring (bicyclic) bond motifs is 1. The number of hydrogen-bond donors (Lipinski definition) is 1. The van der Waals surface area contributed by atoms with Gasteiger partial charge in [-0.3, -0.25) is 9.58 Å². The molecule has 1 aromatic carbocycles. The molecule has 2 atom stereocenters. The molecule has 21 heavy (non-hydrogen) atoms. The van der Waals surface area contributed by atoms with Crippen molar-refractivity contribution in [3.05, 3.63) is 30.0 Å². The van der Waals surface area contributed by atoms with E-state index in [0.717, 1.165) is 26.1 Å². The first kappa shape index (κ1) is 14.5. The SMILES string of the molecule is CCC1(C)CN(Cc2nn(C)c3ccccc23)C(C)CN1. The van der Waals surface area contributed by atoms with E-state index in [-0.39, 0.29) is 5.54 Å². The third-order valence-corrected chi connectivity index (χ3v) is 4.97. The number of rotatable bonds is 3. The van der Waals surface area contributed by atoms with Gasteiger partial charge in [-0.2, -0.15) is 5.10 Å². The lowest BCUT2D eigenvalue weighted by molar-refractivity contribution is 0.0856. The number of aromatic nitrogens is 2. The molecular weight excluding hydrogens is 260 g/mol. The molecule has 3 rings (SSSR count). The van der Waals surface area contributed by atoms with E-state index >= 15 is 0 Å². The van der Waals surface area contributed by atoms with Crippen molar-refractivity contribution in [1.82, 2.24) is 20.0 Å². The Labute approximate surface area is 127 Å². The van der Waals surface area contributed by atoms with Gasteiger partial charge in [0.1, 0.15) is 0 Å². The molecular formula is C17H26N4. The number of hydrogen-bond acceptors (Lipinski definition) is 3. The van der Waals surface area contributed by atoms with Gasteiger partial charge in [-0.1, -0.05) is 25.1 Å². The lowest BCUT2D eigenvalue weighted by Gasteiger charge is -2.44. The zero-order chi connectivity index (χ0) is 15.0. The predicted octanol–water partition coefficient (Wildman–Crippen LogP) is 2.54. The molecule has 1 fully saturated rings. The molecule has 4 heteroatoms. The van der Waals surface area contributed by atoms with Gasteiger partial charge in [0, 0.05) is 43.6 Å². The molecule has 0 aliphatic carbocycles. The van der Waals surface area contributed by atoms with Gasteiger partial charge in [0.25, 0.3) is 0 Å². The topological polar surface area (TPSA) is 33.1 Å². The summed E-state index contributed by atoms with van der Waals surface area (Å²) in [6, 6.07) is 9.05. The maximum atomic E-state index is 4.75. The predicted molar refractivity (Wildman–Crippen MR) is 87.3 cm³/mol. The van der Waals surface area contributed by atoms with Crippen molar-refractivity contribution < 1.29 is 0 Å².